The molecule has 3 fully saturated rings. The van der Waals surface area contributed by atoms with Crippen molar-refractivity contribution >= 4 is 17.8 Å². The molecule has 8 heteroatoms. The summed E-state index contributed by atoms with van der Waals surface area (Å²) in [6.45, 7) is 24.0. The first-order chi connectivity index (χ1) is 18.1. The summed E-state index contributed by atoms with van der Waals surface area (Å²) >= 11 is 0. The summed E-state index contributed by atoms with van der Waals surface area (Å²) in [5, 5.41) is 10.3. The highest BCUT2D eigenvalue weighted by molar-refractivity contribution is 5.99. The van der Waals surface area contributed by atoms with Crippen LogP contribution in [0.25, 0.3) is 0 Å². The molecule has 3 heterocycles. The summed E-state index contributed by atoms with van der Waals surface area (Å²) in [5.74, 6) is -2.82. The van der Waals surface area contributed by atoms with Gasteiger partial charge < -0.3 is 24.4 Å². The first-order valence-electron chi connectivity index (χ1n) is 14.4. The molecule has 220 valence electrons. The number of fused-ring (bicyclic) bond motifs is 1. The van der Waals surface area contributed by atoms with E-state index in [0.29, 0.717) is 25.8 Å². The fourth-order valence-corrected chi connectivity index (χ4v) is 7.76. The topological polar surface area (TPSA) is 96.4 Å². The molecule has 39 heavy (non-hydrogen) atoms. The number of carbonyl (C=O) groups is 3. The molecular formula is C31H50N2O6. The van der Waals surface area contributed by atoms with Gasteiger partial charge in [-0.3, -0.25) is 14.4 Å². The van der Waals surface area contributed by atoms with Crippen molar-refractivity contribution in [2.24, 2.45) is 23.2 Å². The van der Waals surface area contributed by atoms with Gasteiger partial charge in [0.2, 0.25) is 11.8 Å². The van der Waals surface area contributed by atoms with Gasteiger partial charge in [-0.1, -0.05) is 46.8 Å². The number of hydrogen-bond acceptors (Lipinski definition) is 6. The minimum atomic E-state index is -1.19. The van der Waals surface area contributed by atoms with Crippen LogP contribution in [0.4, 0.5) is 0 Å². The van der Waals surface area contributed by atoms with Crippen molar-refractivity contribution in [3.8, 4) is 0 Å². The number of likely N-dealkylation sites (tertiary alicyclic amines) is 1. The van der Waals surface area contributed by atoms with E-state index in [-0.39, 0.29) is 36.4 Å². The van der Waals surface area contributed by atoms with E-state index in [4.69, 9.17) is 9.47 Å². The minimum Gasteiger partial charge on any atom is -0.465 e. The number of amides is 2. The average molecular weight is 547 g/mol. The van der Waals surface area contributed by atoms with Crippen LogP contribution >= 0.6 is 0 Å². The third-order valence-corrected chi connectivity index (χ3v) is 9.15. The van der Waals surface area contributed by atoms with Crippen molar-refractivity contribution in [2.45, 2.75) is 110 Å². The lowest BCUT2D eigenvalue weighted by Crippen LogP contribution is -2.62. The zero-order chi connectivity index (χ0) is 29.6. The van der Waals surface area contributed by atoms with E-state index in [1.165, 1.54) is 4.90 Å². The number of carbonyl (C=O) groups excluding carboxylic acids is 3. The maximum atomic E-state index is 14.8. The summed E-state index contributed by atoms with van der Waals surface area (Å²) in [4.78, 5) is 46.0. The Morgan fingerprint density at radius 2 is 1.90 bits per heavy atom. The van der Waals surface area contributed by atoms with Crippen LogP contribution in [-0.4, -0.2) is 81.3 Å². The third kappa shape index (κ3) is 5.19. The number of aliphatic hydroxyl groups is 1. The Morgan fingerprint density at radius 1 is 1.26 bits per heavy atom. The first-order valence-corrected chi connectivity index (χ1v) is 14.4. The lowest BCUT2D eigenvalue weighted by molar-refractivity contribution is -0.165. The maximum Gasteiger partial charge on any atom is 0.312 e. The lowest BCUT2D eigenvalue weighted by Gasteiger charge is -2.46. The highest BCUT2D eigenvalue weighted by Gasteiger charge is 2.81. The number of nitrogens with zero attached hydrogens (tertiary/aromatic N) is 2. The molecule has 0 radical (unpaired) electrons. The lowest BCUT2D eigenvalue weighted by atomic mass is 9.62. The second-order valence-electron chi connectivity index (χ2n) is 13.7. The third-order valence-electron chi connectivity index (χ3n) is 9.15. The maximum absolute atomic E-state index is 14.8. The van der Waals surface area contributed by atoms with Crippen LogP contribution < -0.4 is 0 Å². The SMILES string of the molecule is C=CCCOC(=O)[C@H]1[C@H]2C(=O)N([C@@H](CC)CO)C(C(=O)N(CC=C)C(C)(C)CC(C)(C)C)C23CC(C)[C@]1(C)O3. The fraction of sp³-hybridized carbons (Fsp3) is 0.774. The van der Waals surface area contributed by atoms with Crippen LogP contribution in [0, 0.1) is 23.2 Å². The highest BCUT2D eigenvalue weighted by Crippen LogP contribution is 2.66. The van der Waals surface area contributed by atoms with Crippen LogP contribution in [-0.2, 0) is 23.9 Å². The average Bonchev–Trinajstić information content (AvgIpc) is 3.33. The minimum absolute atomic E-state index is 0.0587. The van der Waals surface area contributed by atoms with Crippen LogP contribution in [0.5, 0.6) is 0 Å². The van der Waals surface area contributed by atoms with Crippen molar-refractivity contribution in [2.75, 3.05) is 19.8 Å². The van der Waals surface area contributed by atoms with Gasteiger partial charge in [0.05, 0.1) is 30.8 Å². The molecule has 1 N–H and O–H groups in total. The molecule has 0 aliphatic carbocycles. The molecule has 2 bridgehead atoms. The van der Waals surface area contributed by atoms with Crippen LogP contribution in [0.1, 0.15) is 81.1 Å². The second kappa shape index (κ2) is 11.0. The highest BCUT2D eigenvalue weighted by atomic mass is 16.6. The molecular weight excluding hydrogens is 496 g/mol. The number of esters is 1. The molecule has 3 aliphatic rings. The largest absolute Gasteiger partial charge is 0.465 e. The number of aliphatic hydroxyl groups excluding tert-OH is 1. The number of rotatable bonds is 12. The molecule has 1 spiro atoms. The van der Waals surface area contributed by atoms with Gasteiger partial charge in [0.1, 0.15) is 17.6 Å². The van der Waals surface area contributed by atoms with E-state index in [9.17, 15) is 19.5 Å². The van der Waals surface area contributed by atoms with Crippen LogP contribution in [0.3, 0.4) is 0 Å². The summed E-state index contributed by atoms with van der Waals surface area (Å²) in [5.41, 5.74) is -2.74. The predicted molar refractivity (Wildman–Crippen MR) is 151 cm³/mol. The second-order valence-corrected chi connectivity index (χ2v) is 13.7. The Bertz CT molecular complexity index is 982. The summed E-state index contributed by atoms with van der Waals surface area (Å²) in [6, 6.07) is -1.55. The molecule has 7 atom stereocenters. The van der Waals surface area contributed by atoms with Crippen molar-refractivity contribution in [1.82, 2.24) is 9.80 Å². The van der Waals surface area contributed by atoms with Gasteiger partial charge in [-0.25, -0.2) is 0 Å². The van der Waals surface area contributed by atoms with Gasteiger partial charge in [-0.15, -0.1) is 13.2 Å². The smallest absolute Gasteiger partial charge is 0.312 e. The van der Waals surface area contributed by atoms with Gasteiger partial charge in [-0.2, -0.15) is 0 Å². The van der Waals surface area contributed by atoms with Crippen LogP contribution in [0.15, 0.2) is 25.3 Å². The van der Waals surface area contributed by atoms with Crippen molar-refractivity contribution in [3.05, 3.63) is 25.3 Å². The predicted octanol–water partition coefficient (Wildman–Crippen LogP) is 4.12. The quantitative estimate of drug-likeness (QED) is 0.225. The Labute approximate surface area is 234 Å². The Hall–Kier alpha value is -2.19. The van der Waals surface area contributed by atoms with Gasteiger partial charge in [0.15, 0.2) is 0 Å². The fourth-order valence-electron chi connectivity index (χ4n) is 7.76. The van der Waals surface area contributed by atoms with Crippen molar-refractivity contribution in [3.63, 3.8) is 0 Å². The monoisotopic (exact) mass is 546 g/mol. The summed E-state index contributed by atoms with van der Waals surface area (Å²) < 4.78 is 12.4. The zero-order valence-electron chi connectivity index (χ0n) is 25.3. The van der Waals surface area contributed by atoms with E-state index in [1.54, 1.807) is 17.1 Å². The van der Waals surface area contributed by atoms with E-state index in [2.05, 4.69) is 33.9 Å². The van der Waals surface area contributed by atoms with Gasteiger partial charge in [-0.05, 0) is 57.8 Å². The van der Waals surface area contributed by atoms with Gasteiger partial charge in [0.25, 0.3) is 0 Å². The normalized spacial score (nSPS) is 32.6. The summed E-state index contributed by atoms with van der Waals surface area (Å²) in [7, 11) is 0. The van der Waals surface area contributed by atoms with Gasteiger partial charge in [0, 0.05) is 12.1 Å². The van der Waals surface area contributed by atoms with Crippen LogP contribution in [0.2, 0.25) is 0 Å². The molecule has 3 saturated heterocycles. The molecule has 3 aliphatic heterocycles. The Morgan fingerprint density at radius 3 is 2.41 bits per heavy atom. The molecule has 3 unspecified atom stereocenters. The molecule has 3 rings (SSSR count). The zero-order valence-corrected chi connectivity index (χ0v) is 25.3. The number of hydrogen-bond donors (Lipinski definition) is 1. The molecule has 0 aromatic carbocycles. The first kappa shape index (κ1) is 31.3. The molecule has 8 nitrogen and oxygen atoms in total. The number of ether oxygens (including phenoxy) is 2. The molecule has 0 saturated carbocycles. The van der Waals surface area contributed by atoms with Gasteiger partial charge >= 0.3 is 5.97 Å². The Balaban J connectivity index is 2.16. The van der Waals surface area contributed by atoms with E-state index in [0.717, 1.165) is 6.42 Å². The van der Waals surface area contributed by atoms with E-state index < -0.39 is 46.6 Å². The Kier molecular flexibility index (Phi) is 8.84. The standard InChI is InChI=1S/C31H50N2O6/c1-11-14-16-38-27(37)23-22-25(35)33(21(13-3)18-34)24(31(22)17-20(4)30(23,10)39-31)26(36)32(15-12-2)29(8,9)19-28(5,6)7/h11-12,20-24,34H,1-2,13-19H2,3-10H3/t20?,21-,22-,23+,24?,30-,31?/m0/s1. The molecule has 0 aromatic heterocycles. The molecule has 0 aromatic rings. The summed E-state index contributed by atoms with van der Waals surface area (Å²) in [6.07, 6.45) is 5.54. The van der Waals surface area contributed by atoms with E-state index in [1.807, 2.05) is 34.6 Å². The van der Waals surface area contributed by atoms with E-state index >= 15 is 0 Å². The van der Waals surface area contributed by atoms with Crippen molar-refractivity contribution < 1.29 is 29.0 Å². The van der Waals surface area contributed by atoms with Crippen molar-refractivity contribution in [1.29, 1.82) is 0 Å². The molecule has 2 amide bonds.